The van der Waals surface area contributed by atoms with E-state index >= 15 is 0 Å². The molecule has 5 nitrogen and oxygen atoms in total. The van der Waals surface area contributed by atoms with Crippen LogP contribution >= 0.6 is 11.8 Å². The molecule has 1 fully saturated rings. The molecule has 0 aliphatic carbocycles. The summed E-state index contributed by atoms with van der Waals surface area (Å²) in [6.07, 6.45) is 1.32. The summed E-state index contributed by atoms with van der Waals surface area (Å²) >= 11 is 1.27. The van der Waals surface area contributed by atoms with Crippen molar-refractivity contribution in [3.8, 4) is 0 Å². The van der Waals surface area contributed by atoms with E-state index in [1.54, 1.807) is 18.2 Å². The highest BCUT2D eigenvalue weighted by molar-refractivity contribution is 7.99. The van der Waals surface area contributed by atoms with E-state index in [9.17, 15) is 10.0 Å². The first-order valence-corrected chi connectivity index (χ1v) is 8.91. The van der Waals surface area contributed by atoms with E-state index in [-0.39, 0.29) is 23.9 Å². The predicted octanol–water partition coefficient (Wildman–Crippen LogP) is 2.40. The highest BCUT2D eigenvalue weighted by atomic mass is 32.2. The number of thioether (sulfide) groups is 1. The maximum atomic E-state index is 12.5. The first-order chi connectivity index (χ1) is 11.6. The van der Waals surface area contributed by atoms with Crippen molar-refractivity contribution in [3.63, 3.8) is 0 Å². The summed E-state index contributed by atoms with van der Waals surface area (Å²) in [5, 5.41) is 12.2. The van der Waals surface area contributed by atoms with Gasteiger partial charge in [0.05, 0.1) is 18.4 Å². The molecule has 3 rings (SSSR count). The number of amides is 1. The zero-order valence-electron chi connectivity index (χ0n) is 13.5. The smallest absolute Gasteiger partial charge is 0.251 e. The highest BCUT2D eigenvalue weighted by Gasteiger charge is 2.29. The third-order valence-electron chi connectivity index (χ3n) is 3.92. The third kappa shape index (κ3) is 4.07. The SMILES string of the molecule is CC1CN(C(=O)CSc2cccc[n+]2[O-])CC(c2ccccc2)O1. The van der Waals surface area contributed by atoms with E-state index in [2.05, 4.69) is 0 Å². The number of hydrogen-bond donors (Lipinski definition) is 0. The Kier molecular flexibility index (Phi) is 5.37. The molecule has 126 valence electrons. The molecule has 2 unspecified atom stereocenters. The molecule has 24 heavy (non-hydrogen) atoms. The van der Waals surface area contributed by atoms with Gasteiger partial charge in [0.1, 0.15) is 6.10 Å². The number of pyridine rings is 1. The van der Waals surface area contributed by atoms with E-state index in [1.165, 1.54) is 18.0 Å². The molecule has 2 atom stereocenters. The summed E-state index contributed by atoms with van der Waals surface area (Å²) in [5.74, 6) is 0.278. The van der Waals surface area contributed by atoms with Gasteiger partial charge < -0.3 is 14.8 Å². The van der Waals surface area contributed by atoms with Crippen molar-refractivity contribution in [2.45, 2.75) is 24.2 Å². The molecule has 1 aliphatic rings. The summed E-state index contributed by atoms with van der Waals surface area (Å²) in [5.41, 5.74) is 1.08. The Balaban J connectivity index is 1.63. The molecular formula is C18H20N2O3S. The number of rotatable bonds is 4. The minimum Gasteiger partial charge on any atom is -0.618 e. The van der Waals surface area contributed by atoms with Crippen LogP contribution in [0.2, 0.25) is 0 Å². The number of morpholine rings is 1. The van der Waals surface area contributed by atoms with Crippen molar-refractivity contribution >= 4 is 17.7 Å². The van der Waals surface area contributed by atoms with Gasteiger partial charge in [-0.1, -0.05) is 30.3 Å². The van der Waals surface area contributed by atoms with E-state index < -0.39 is 0 Å². The Morgan fingerprint density at radius 3 is 2.75 bits per heavy atom. The van der Waals surface area contributed by atoms with Crippen LogP contribution in [-0.2, 0) is 9.53 Å². The molecule has 1 aliphatic heterocycles. The van der Waals surface area contributed by atoms with Gasteiger partial charge >= 0.3 is 0 Å². The van der Waals surface area contributed by atoms with Crippen LogP contribution in [0.4, 0.5) is 0 Å². The normalized spacial score (nSPS) is 20.8. The number of benzene rings is 1. The number of carbonyl (C=O) groups is 1. The topological polar surface area (TPSA) is 56.5 Å². The van der Waals surface area contributed by atoms with Crippen LogP contribution in [0.5, 0.6) is 0 Å². The number of ether oxygens (including phenoxy) is 1. The fourth-order valence-electron chi connectivity index (χ4n) is 2.76. The largest absolute Gasteiger partial charge is 0.618 e. The molecule has 0 N–H and O–H groups in total. The molecular weight excluding hydrogens is 324 g/mol. The summed E-state index contributed by atoms with van der Waals surface area (Å²) < 4.78 is 6.76. The average molecular weight is 344 g/mol. The summed E-state index contributed by atoms with van der Waals surface area (Å²) in [7, 11) is 0. The lowest BCUT2D eigenvalue weighted by atomic mass is 10.1. The first kappa shape index (κ1) is 16.8. The van der Waals surface area contributed by atoms with Gasteiger partial charge in [0.15, 0.2) is 6.20 Å². The van der Waals surface area contributed by atoms with Crippen molar-refractivity contribution < 1.29 is 14.3 Å². The maximum Gasteiger partial charge on any atom is 0.251 e. The fraction of sp³-hybridized carbons (Fsp3) is 0.333. The third-order valence-corrected chi connectivity index (χ3v) is 4.92. The molecule has 0 bridgehead atoms. The second-order valence-electron chi connectivity index (χ2n) is 5.80. The zero-order valence-corrected chi connectivity index (χ0v) is 14.3. The van der Waals surface area contributed by atoms with Crippen molar-refractivity contribution in [1.29, 1.82) is 0 Å². The first-order valence-electron chi connectivity index (χ1n) is 7.92. The summed E-state index contributed by atoms with van der Waals surface area (Å²) in [6, 6.07) is 15.1. The van der Waals surface area contributed by atoms with Gasteiger partial charge in [-0.2, -0.15) is 4.73 Å². The second-order valence-corrected chi connectivity index (χ2v) is 6.79. The van der Waals surface area contributed by atoms with E-state index in [4.69, 9.17) is 4.74 Å². The predicted molar refractivity (Wildman–Crippen MR) is 92.4 cm³/mol. The van der Waals surface area contributed by atoms with Gasteiger partial charge in [-0.3, -0.25) is 4.79 Å². The Bertz CT molecular complexity index is 696. The van der Waals surface area contributed by atoms with Crippen molar-refractivity contribution in [3.05, 3.63) is 65.5 Å². The van der Waals surface area contributed by atoms with Gasteiger partial charge in [0.2, 0.25) is 5.91 Å². The van der Waals surface area contributed by atoms with Crippen LogP contribution in [-0.4, -0.2) is 35.8 Å². The van der Waals surface area contributed by atoms with Crippen molar-refractivity contribution in [1.82, 2.24) is 4.90 Å². The monoisotopic (exact) mass is 344 g/mol. The molecule has 2 heterocycles. The molecule has 2 aromatic rings. The van der Waals surface area contributed by atoms with Crippen LogP contribution < -0.4 is 4.73 Å². The zero-order chi connectivity index (χ0) is 16.9. The maximum absolute atomic E-state index is 12.5. The standard InChI is InChI=1S/C18H20N2O3S/c1-14-11-19(12-16(23-14)15-7-3-2-4-8-15)17(21)13-24-18-9-5-6-10-20(18)22/h2-10,14,16H,11-13H2,1H3. The Hall–Kier alpha value is -2.05. The second kappa shape index (κ2) is 7.68. The summed E-state index contributed by atoms with van der Waals surface area (Å²) in [6.45, 7) is 3.10. The molecule has 0 spiro atoms. The lowest BCUT2D eigenvalue weighted by molar-refractivity contribution is -0.645. The number of carbonyl (C=O) groups excluding carboxylic acids is 1. The Morgan fingerprint density at radius 2 is 2.00 bits per heavy atom. The van der Waals surface area contributed by atoms with Crippen LogP contribution in [0.1, 0.15) is 18.6 Å². The van der Waals surface area contributed by atoms with Gasteiger partial charge in [-0.05, 0) is 30.3 Å². The van der Waals surface area contributed by atoms with E-state index in [0.717, 1.165) is 10.3 Å². The fourth-order valence-corrected chi connectivity index (χ4v) is 3.58. The van der Waals surface area contributed by atoms with Gasteiger partial charge in [-0.25, -0.2) is 0 Å². The van der Waals surface area contributed by atoms with Crippen LogP contribution in [0.15, 0.2) is 59.8 Å². The van der Waals surface area contributed by atoms with Crippen LogP contribution in [0.25, 0.3) is 0 Å². The molecule has 1 aromatic heterocycles. The minimum absolute atomic E-state index is 0.0147. The Morgan fingerprint density at radius 1 is 1.25 bits per heavy atom. The van der Waals surface area contributed by atoms with Gasteiger partial charge in [0, 0.05) is 18.7 Å². The number of nitrogens with zero attached hydrogens (tertiary/aromatic N) is 2. The lowest BCUT2D eigenvalue weighted by Crippen LogP contribution is -2.46. The molecule has 1 aromatic carbocycles. The van der Waals surface area contributed by atoms with Crippen LogP contribution in [0.3, 0.4) is 0 Å². The summed E-state index contributed by atoms with van der Waals surface area (Å²) in [4.78, 5) is 14.4. The highest BCUT2D eigenvalue weighted by Crippen LogP contribution is 2.26. The molecule has 0 saturated carbocycles. The Labute approximate surface area is 145 Å². The van der Waals surface area contributed by atoms with Crippen molar-refractivity contribution in [2.24, 2.45) is 0 Å². The van der Waals surface area contributed by atoms with Crippen LogP contribution in [0, 0.1) is 5.21 Å². The van der Waals surface area contributed by atoms with E-state index in [1.807, 2.05) is 42.2 Å². The molecule has 6 heteroatoms. The van der Waals surface area contributed by atoms with Crippen molar-refractivity contribution in [2.75, 3.05) is 18.8 Å². The van der Waals surface area contributed by atoms with Gasteiger partial charge in [0.25, 0.3) is 5.03 Å². The van der Waals surface area contributed by atoms with E-state index in [0.29, 0.717) is 18.1 Å². The average Bonchev–Trinajstić information content (AvgIpc) is 2.61. The molecule has 1 saturated heterocycles. The van der Waals surface area contributed by atoms with Gasteiger partial charge in [-0.15, -0.1) is 0 Å². The molecule has 1 amide bonds. The molecule has 0 radical (unpaired) electrons. The number of hydrogen-bond acceptors (Lipinski definition) is 4. The minimum atomic E-state index is -0.106. The lowest BCUT2D eigenvalue weighted by Gasteiger charge is -2.37. The number of aromatic nitrogens is 1. The quantitative estimate of drug-likeness (QED) is 0.485.